The van der Waals surface area contributed by atoms with Crippen molar-refractivity contribution in [3.05, 3.63) is 0 Å². The molecular weight excluding hydrogens is 234 g/mol. The van der Waals surface area contributed by atoms with Gasteiger partial charge in [0.2, 0.25) is 0 Å². The zero-order valence-electron chi connectivity index (χ0n) is 13.2. The molecule has 0 radical (unpaired) electrons. The van der Waals surface area contributed by atoms with Crippen molar-refractivity contribution < 1.29 is 5.11 Å². The van der Waals surface area contributed by atoms with Gasteiger partial charge in [-0.3, -0.25) is 4.90 Å². The van der Waals surface area contributed by atoms with Crippen molar-refractivity contribution in [3.63, 3.8) is 0 Å². The van der Waals surface area contributed by atoms with Crippen LogP contribution in [0.5, 0.6) is 0 Å². The van der Waals surface area contributed by atoms with Crippen molar-refractivity contribution in [2.75, 3.05) is 19.6 Å². The lowest BCUT2D eigenvalue weighted by molar-refractivity contribution is 0.0608. The molecule has 0 spiro atoms. The SMILES string of the molecule is CC(C)CN(CC#CC1(O)CCCCC1)CC(C)C. The van der Waals surface area contributed by atoms with E-state index in [1.54, 1.807) is 0 Å². The molecule has 0 atom stereocenters. The molecule has 1 aliphatic rings. The highest BCUT2D eigenvalue weighted by atomic mass is 16.3. The molecule has 1 fully saturated rings. The molecule has 0 aliphatic heterocycles. The van der Waals surface area contributed by atoms with Gasteiger partial charge >= 0.3 is 0 Å². The number of hydrogen-bond donors (Lipinski definition) is 1. The molecule has 1 saturated carbocycles. The van der Waals surface area contributed by atoms with Crippen LogP contribution in [-0.4, -0.2) is 35.2 Å². The molecule has 0 aromatic heterocycles. The molecule has 2 nitrogen and oxygen atoms in total. The van der Waals surface area contributed by atoms with Crippen LogP contribution < -0.4 is 0 Å². The minimum Gasteiger partial charge on any atom is -0.378 e. The summed E-state index contributed by atoms with van der Waals surface area (Å²) in [6.07, 6.45) is 5.19. The van der Waals surface area contributed by atoms with Gasteiger partial charge in [0.25, 0.3) is 0 Å². The van der Waals surface area contributed by atoms with Gasteiger partial charge in [-0.25, -0.2) is 0 Å². The van der Waals surface area contributed by atoms with Crippen LogP contribution in [-0.2, 0) is 0 Å². The van der Waals surface area contributed by atoms with E-state index in [1.807, 2.05) is 0 Å². The van der Waals surface area contributed by atoms with Gasteiger partial charge in [-0.1, -0.05) is 46.0 Å². The van der Waals surface area contributed by atoms with Gasteiger partial charge < -0.3 is 5.11 Å². The fourth-order valence-corrected chi connectivity index (χ4v) is 2.81. The van der Waals surface area contributed by atoms with E-state index in [2.05, 4.69) is 44.4 Å². The maximum Gasteiger partial charge on any atom is 0.125 e. The Morgan fingerprint density at radius 2 is 1.53 bits per heavy atom. The minimum atomic E-state index is -0.695. The summed E-state index contributed by atoms with van der Waals surface area (Å²) in [6.45, 7) is 11.9. The topological polar surface area (TPSA) is 23.5 Å². The highest BCUT2D eigenvalue weighted by molar-refractivity contribution is 5.15. The van der Waals surface area contributed by atoms with Gasteiger partial charge in [0.15, 0.2) is 0 Å². The number of rotatable bonds is 5. The smallest absolute Gasteiger partial charge is 0.125 e. The molecule has 110 valence electrons. The van der Waals surface area contributed by atoms with Crippen LogP contribution in [0.15, 0.2) is 0 Å². The van der Waals surface area contributed by atoms with E-state index in [0.29, 0.717) is 11.8 Å². The van der Waals surface area contributed by atoms with E-state index in [9.17, 15) is 5.11 Å². The first kappa shape index (κ1) is 16.5. The summed E-state index contributed by atoms with van der Waals surface area (Å²) < 4.78 is 0. The Kier molecular flexibility index (Phi) is 6.89. The van der Waals surface area contributed by atoms with Gasteiger partial charge in [0, 0.05) is 13.1 Å². The van der Waals surface area contributed by atoms with Crippen LogP contribution in [0.1, 0.15) is 59.8 Å². The van der Waals surface area contributed by atoms with Crippen molar-refractivity contribution in [2.24, 2.45) is 11.8 Å². The first-order valence-corrected chi connectivity index (χ1v) is 7.86. The second-order valence-corrected chi connectivity index (χ2v) is 6.88. The summed E-state index contributed by atoms with van der Waals surface area (Å²) in [5, 5.41) is 10.4. The molecule has 0 saturated heterocycles. The molecule has 1 rings (SSSR count). The fourth-order valence-electron chi connectivity index (χ4n) is 2.81. The molecular formula is C17H31NO. The second kappa shape index (κ2) is 7.92. The lowest BCUT2D eigenvalue weighted by atomic mass is 9.85. The summed E-state index contributed by atoms with van der Waals surface area (Å²) in [7, 11) is 0. The highest BCUT2D eigenvalue weighted by Crippen LogP contribution is 2.27. The molecule has 0 unspecified atom stereocenters. The first-order valence-electron chi connectivity index (χ1n) is 7.86. The summed E-state index contributed by atoms with van der Waals surface area (Å²) in [4.78, 5) is 2.41. The first-order chi connectivity index (χ1) is 8.91. The largest absolute Gasteiger partial charge is 0.378 e. The number of aliphatic hydroxyl groups is 1. The molecule has 0 amide bonds. The number of hydrogen-bond acceptors (Lipinski definition) is 2. The Balaban J connectivity index is 2.50. The van der Waals surface area contributed by atoms with Gasteiger partial charge in [-0.15, -0.1) is 0 Å². The lowest BCUT2D eigenvalue weighted by Gasteiger charge is -2.27. The van der Waals surface area contributed by atoms with Crippen molar-refractivity contribution in [2.45, 2.75) is 65.4 Å². The van der Waals surface area contributed by atoms with Gasteiger partial charge in [0.05, 0.1) is 6.54 Å². The standard InChI is InChI=1S/C17H31NO/c1-15(2)13-18(14-16(3)4)12-8-11-17(19)9-6-5-7-10-17/h15-16,19H,5-7,9-10,12-14H2,1-4H3. The Hall–Kier alpha value is -0.520. The van der Waals surface area contributed by atoms with Crippen LogP contribution in [0, 0.1) is 23.7 Å². The van der Waals surface area contributed by atoms with Gasteiger partial charge in [-0.2, -0.15) is 0 Å². The average Bonchev–Trinajstić information content (AvgIpc) is 2.27. The molecule has 0 aromatic rings. The summed E-state index contributed by atoms with van der Waals surface area (Å²) >= 11 is 0. The van der Waals surface area contributed by atoms with Crippen molar-refractivity contribution in [1.29, 1.82) is 0 Å². The maximum absolute atomic E-state index is 10.4. The Morgan fingerprint density at radius 1 is 1.00 bits per heavy atom. The van der Waals surface area contributed by atoms with E-state index in [4.69, 9.17) is 0 Å². The zero-order valence-corrected chi connectivity index (χ0v) is 13.2. The summed E-state index contributed by atoms with van der Waals surface area (Å²) in [5.74, 6) is 7.70. The molecule has 0 bridgehead atoms. The van der Waals surface area contributed by atoms with Crippen LogP contribution >= 0.6 is 0 Å². The van der Waals surface area contributed by atoms with Crippen LogP contribution in [0.25, 0.3) is 0 Å². The van der Waals surface area contributed by atoms with E-state index < -0.39 is 5.60 Å². The molecule has 0 aromatic carbocycles. The van der Waals surface area contributed by atoms with E-state index in [-0.39, 0.29) is 0 Å². The lowest BCUT2D eigenvalue weighted by Crippen LogP contribution is -2.33. The Labute approximate surface area is 119 Å². The van der Waals surface area contributed by atoms with Crippen LogP contribution in [0.3, 0.4) is 0 Å². The predicted octanol–water partition coefficient (Wildman–Crippen LogP) is 3.30. The Bertz CT molecular complexity index is 295. The van der Waals surface area contributed by atoms with Crippen LogP contribution in [0.2, 0.25) is 0 Å². The summed E-state index contributed by atoms with van der Waals surface area (Å²) in [5.41, 5.74) is -0.695. The maximum atomic E-state index is 10.4. The van der Waals surface area contributed by atoms with Crippen molar-refractivity contribution >= 4 is 0 Å². The third kappa shape index (κ3) is 6.99. The quantitative estimate of drug-likeness (QED) is 0.771. The molecule has 19 heavy (non-hydrogen) atoms. The molecule has 0 heterocycles. The monoisotopic (exact) mass is 265 g/mol. The van der Waals surface area contributed by atoms with Crippen molar-refractivity contribution in [3.8, 4) is 11.8 Å². The van der Waals surface area contributed by atoms with Crippen molar-refractivity contribution in [1.82, 2.24) is 4.90 Å². The normalized spacial score (nSPS) is 18.7. The molecule has 1 N–H and O–H groups in total. The summed E-state index contributed by atoms with van der Waals surface area (Å²) in [6, 6.07) is 0. The number of nitrogens with zero attached hydrogens (tertiary/aromatic N) is 1. The average molecular weight is 265 g/mol. The minimum absolute atomic E-state index is 0.665. The third-order valence-corrected chi connectivity index (χ3v) is 3.55. The second-order valence-electron chi connectivity index (χ2n) is 6.88. The predicted molar refractivity (Wildman–Crippen MR) is 81.9 cm³/mol. The van der Waals surface area contributed by atoms with Gasteiger partial charge in [0.1, 0.15) is 5.60 Å². The third-order valence-electron chi connectivity index (χ3n) is 3.55. The Morgan fingerprint density at radius 3 is 2.00 bits per heavy atom. The highest BCUT2D eigenvalue weighted by Gasteiger charge is 2.26. The van der Waals surface area contributed by atoms with E-state index >= 15 is 0 Å². The van der Waals surface area contributed by atoms with E-state index in [0.717, 1.165) is 45.3 Å². The van der Waals surface area contributed by atoms with Crippen LogP contribution in [0.4, 0.5) is 0 Å². The molecule has 1 aliphatic carbocycles. The molecule has 2 heteroatoms. The zero-order chi connectivity index (χ0) is 14.3. The van der Waals surface area contributed by atoms with Gasteiger partial charge in [-0.05, 0) is 37.5 Å². The fraction of sp³-hybridized carbons (Fsp3) is 0.882. The van der Waals surface area contributed by atoms with E-state index in [1.165, 1.54) is 6.42 Å².